The summed E-state index contributed by atoms with van der Waals surface area (Å²) < 4.78 is 10.8. The Morgan fingerprint density at radius 2 is 1.60 bits per heavy atom. The van der Waals surface area contributed by atoms with Crippen molar-refractivity contribution in [3.8, 4) is 11.5 Å². The number of hydrogen-bond donors (Lipinski definition) is 1. The molecule has 2 aromatic carbocycles. The number of nitrogens with zero attached hydrogens (tertiary/aromatic N) is 1. The molecule has 1 N–H and O–H groups in total. The summed E-state index contributed by atoms with van der Waals surface area (Å²) in [6.07, 6.45) is 0.655. The smallest absolute Gasteiger partial charge is 0.261 e. The zero-order chi connectivity index (χ0) is 22.1. The van der Waals surface area contributed by atoms with E-state index < -0.39 is 6.04 Å². The SMILES string of the molecule is COc1ccc(OCC(=O)N(CCc2ccccc2)[C@@H](C)C(=O)NC(C)(C)C)cc1. The Hall–Kier alpha value is -3.02. The summed E-state index contributed by atoms with van der Waals surface area (Å²) in [7, 11) is 1.59. The average molecular weight is 413 g/mol. The molecule has 0 heterocycles. The van der Waals surface area contributed by atoms with Crippen LogP contribution in [0.2, 0.25) is 0 Å². The van der Waals surface area contributed by atoms with Crippen molar-refractivity contribution in [2.24, 2.45) is 0 Å². The van der Waals surface area contributed by atoms with Crippen molar-refractivity contribution in [1.29, 1.82) is 0 Å². The van der Waals surface area contributed by atoms with E-state index in [4.69, 9.17) is 9.47 Å². The third-order valence-electron chi connectivity index (χ3n) is 4.57. The number of nitrogens with one attached hydrogen (secondary N) is 1. The van der Waals surface area contributed by atoms with Crippen LogP contribution in [0.4, 0.5) is 0 Å². The van der Waals surface area contributed by atoms with Gasteiger partial charge in [-0.2, -0.15) is 0 Å². The van der Waals surface area contributed by atoms with Gasteiger partial charge in [-0.15, -0.1) is 0 Å². The molecule has 1 atom stereocenters. The van der Waals surface area contributed by atoms with Gasteiger partial charge in [-0.3, -0.25) is 9.59 Å². The summed E-state index contributed by atoms with van der Waals surface area (Å²) in [6.45, 7) is 7.78. The minimum Gasteiger partial charge on any atom is -0.497 e. The minimum atomic E-state index is -0.611. The summed E-state index contributed by atoms with van der Waals surface area (Å²) in [6, 6.07) is 16.3. The molecule has 0 fully saturated rings. The van der Waals surface area contributed by atoms with E-state index in [1.807, 2.05) is 51.1 Å². The molecule has 2 aromatic rings. The van der Waals surface area contributed by atoms with Gasteiger partial charge in [0.1, 0.15) is 17.5 Å². The number of hydrogen-bond acceptors (Lipinski definition) is 4. The number of carbonyl (C=O) groups excluding carboxylic acids is 2. The van der Waals surface area contributed by atoms with Gasteiger partial charge in [0.2, 0.25) is 5.91 Å². The van der Waals surface area contributed by atoms with Crippen LogP contribution in [0.5, 0.6) is 11.5 Å². The lowest BCUT2D eigenvalue weighted by atomic mass is 10.1. The van der Waals surface area contributed by atoms with E-state index in [0.29, 0.717) is 24.5 Å². The van der Waals surface area contributed by atoms with E-state index in [1.54, 1.807) is 43.2 Å². The van der Waals surface area contributed by atoms with Crippen molar-refractivity contribution in [2.45, 2.75) is 45.7 Å². The van der Waals surface area contributed by atoms with Crippen molar-refractivity contribution in [3.05, 3.63) is 60.2 Å². The second-order valence-electron chi connectivity index (χ2n) is 8.20. The molecule has 2 amide bonds. The Morgan fingerprint density at radius 3 is 2.17 bits per heavy atom. The predicted octanol–water partition coefficient (Wildman–Crippen LogP) is 3.45. The summed E-state index contributed by atoms with van der Waals surface area (Å²) in [5.41, 5.74) is 0.730. The third kappa shape index (κ3) is 7.43. The summed E-state index contributed by atoms with van der Waals surface area (Å²) in [5, 5.41) is 2.95. The highest BCUT2D eigenvalue weighted by Gasteiger charge is 2.28. The molecular formula is C24H32N2O4. The molecule has 0 saturated heterocycles. The molecule has 0 radical (unpaired) electrons. The molecule has 0 bridgehead atoms. The topological polar surface area (TPSA) is 67.9 Å². The number of rotatable bonds is 9. The molecule has 0 aliphatic carbocycles. The van der Waals surface area contributed by atoms with E-state index in [9.17, 15) is 9.59 Å². The van der Waals surface area contributed by atoms with Gasteiger partial charge < -0.3 is 19.7 Å². The van der Waals surface area contributed by atoms with Gasteiger partial charge in [0.25, 0.3) is 5.91 Å². The maximum Gasteiger partial charge on any atom is 0.261 e. The van der Waals surface area contributed by atoms with Gasteiger partial charge in [-0.05, 0) is 63.9 Å². The van der Waals surface area contributed by atoms with Crippen molar-refractivity contribution in [2.75, 3.05) is 20.3 Å². The normalized spacial score (nSPS) is 12.0. The van der Waals surface area contributed by atoms with Crippen molar-refractivity contribution >= 4 is 11.8 Å². The fraction of sp³-hybridized carbons (Fsp3) is 0.417. The van der Waals surface area contributed by atoms with Crippen molar-refractivity contribution < 1.29 is 19.1 Å². The molecule has 2 rings (SSSR count). The molecule has 0 aromatic heterocycles. The molecule has 0 saturated carbocycles. The van der Waals surface area contributed by atoms with Gasteiger partial charge in [-0.25, -0.2) is 0 Å². The summed E-state index contributed by atoms with van der Waals surface area (Å²) >= 11 is 0. The molecule has 0 spiro atoms. The van der Waals surface area contributed by atoms with Crippen LogP contribution in [-0.2, 0) is 16.0 Å². The first-order valence-electron chi connectivity index (χ1n) is 10.1. The highest BCUT2D eigenvalue weighted by molar-refractivity contribution is 5.88. The number of amides is 2. The fourth-order valence-corrected chi connectivity index (χ4v) is 2.94. The third-order valence-corrected chi connectivity index (χ3v) is 4.57. The van der Waals surface area contributed by atoms with Crippen LogP contribution in [-0.4, -0.2) is 48.6 Å². The quantitative estimate of drug-likeness (QED) is 0.685. The van der Waals surface area contributed by atoms with Crippen LogP contribution in [0, 0.1) is 0 Å². The molecule has 162 valence electrons. The van der Waals surface area contributed by atoms with E-state index in [2.05, 4.69) is 5.32 Å². The summed E-state index contributed by atoms with van der Waals surface area (Å²) in [4.78, 5) is 27.3. The van der Waals surface area contributed by atoms with Gasteiger partial charge in [0.15, 0.2) is 6.61 Å². The number of benzene rings is 2. The molecular weight excluding hydrogens is 380 g/mol. The average Bonchev–Trinajstić information content (AvgIpc) is 2.72. The number of ether oxygens (including phenoxy) is 2. The van der Waals surface area contributed by atoms with E-state index in [0.717, 1.165) is 5.56 Å². The molecule has 6 nitrogen and oxygen atoms in total. The fourth-order valence-electron chi connectivity index (χ4n) is 2.94. The first-order valence-corrected chi connectivity index (χ1v) is 10.1. The van der Waals surface area contributed by atoms with Gasteiger partial charge in [0, 0.05) is 12.1 Å². The van der Waals surface area contributed by atoms with Crippen LogP contribution in [0.3, 0.4) is 0 Å². The Labute approximate surface area is 179 Å². The maximum absolute atomic E-state index is 13.0. The van der Waals surface area contributed by atoms with Crippen molar-refractivity contribution in [1.82, 2.24) is 10.2 Å². The largest absolute Gasteiger partial charge is 0.497 e. The van der Waals surface area contributed by atoms with Crippen LogP contribution in [0.15, 0.2) is 54.6 Å². The Bertz CT molecular complexity index is 813. The zero-order valence-electron chi connectivity index (χ0n) is 18.5. The molecule has 6 heteroatoms. The maximum atomic E-state index is 13.0. The van der Waals surface area contributed by atoms with E-state index in [1.165, 1.54) is 0 Å². The van der Waals surface area contributed by atoms with E-state index in [-0.39, 0.29) is 24.0 Å². The van der Waals surface area contributed by atoms with Crippen LogP contribution < -0.4 is 14.8 Å². The Morgan fingerprint density at radius 1 is 1.00 bits per heavy atom. The zero-order valence-corrected chi connectivity index (χ0v) is 18.5. The number of methoxy groups -OCH3 is 1. The molecule has 0 aliphatic rings. The summed E-state index contributed by atoms with van der Waals surface area (Å²) in [5.74, 6) is 0.858. The van der Waals surface area contributed by atoms with Gasteiger partial charge in [-0.1, -0.05) is 30.3 Å². The standard InChI is InChI=1S/C24H32N2O4/c1-18(23(28)25-24(2,3)4)26(16-15-19-9-7-6-8-10-19)22(27)17-30-21-13-11-20(29-5)12-14-21/h6-14,18H,15-17H2,1-5H3,(H,25,28)/t18-/m0/s1. The first-order chi connectivity index (χ1) is 14.2. The highest BCUT2D eigenvalue weighted by Crippen LogP contribution is 2.17. The molecule has 0 aliphatic heterocycles. The second kappa shape index (κ2) is 10.7. The lowest BCUT2D eigenvalue weighted by Gasteiger charge is -2.31. The minimum absolute atomic E-state index is 0.145. The Kier molecular flexibility index (Phi) is 8.27. The predicted molar refractivity (Wildman–Crippen MR) is 118 cm³/mol. The highest BCUT2D eigenvalue weighted by atomic mass is 16.5. The van der Waals surface area contributed by atoms with Crippen LogP contribution in [0.25, 0.3) is 0 Å². The lowest BCUT2D eigenvalue weighted by Crippen LogP contribution is -2.53. The van der Waals surface area contributed by atoms with E-state index >= 15 is 0 Å². The van der Waals surface area contributed by atoms with Crippen molar-refractivity contribution in [3.63, 3.8) is 0 Å². The second-order valence-corrected chi connectivity index (χ2v) is 8.20. The van der Waals surface area contributed by atoms with Crippen LogP contribution in [0.1, 0.15) is 33.3 Å². The van der Waals surface area contributed by atoms with Gasteiger partial charge in [0.05, 0.1) is 7.11 Å². The van der Waals surface area contributed by atoms with Crippen LogP contribution >= 0.6 is 0 Å². The monoisotopic (exact) mass is 412 g/mol. The molecule has 0 unspecified atom stereocenters. The first kappa shape index (κ1) is 23.3. The Balaban J connectivity index is 2.07. The lowest BCUT2D eigenvalue weighted by molar-refractivity contribution is -0.142. The van der Waals surface area contributed by atoms with Gasteiger partial charge >= 0.3 is 0 Å². The molecule has 30 heavy (non-hydrogen) atoms. The number of carbonyl (C=O) groups is 2.